The van der Waals surface area contributed by atoms with Gasteiger partial charge in [0, 0.05) is 11.4 Å². The maximum absolute atomic E-state index is 13.6. The van der Waals surface area contributed by atoms with E-state index >= 15 is 0 Å². The van der Waals surface area contributed by atoms with Crippen LogP contribution >= 0.6 is 0 Å². The van der Waals surface area contributed by atoms with Crippen molar-refractivity contribution in [1.82, 2.24) is 4.72 Å². The Balaban J connectivity index is 2.47. The van der Waals surface area contributed by atoms with E-state index in [9.17, 15) is 12.8 Å². The van der Waals surface area contributed by atoms with Crippen LogP contribution in [-0.2, 0) is 10.0 Å². The number of hydrogen-bond donors (Lipinski definition) is 3. The van der Waals surface area contributed by atoms with Crippen molar-refractivity contribution in [3.05, 3.63) is 47.8 Å². The summed E-state index contributed by atoms with van der Waals surface area (Å²) >= 11 is 0. The highest BCUT2D eigenvalue weighted by molar-refractivity contribution is 7.89. The van der Waals surface area contributed by atoms with Gasteiger partial charge in [0.2, 0.25) is 10.0 Å². The molecule has 21 heavy (non-hydrogen) atoms. The van der Waals surface area contributed by atoms with E-state index in [0.717, 1.165) is 0 Å². The fourth-order valence-electron chi connectivity index (χ4n) is 1.80. The Hall–Kier alpha value is -2.12. The largest absolute Gasteiger partial charge is 0.399 e. The summed E-state index contributed by atoms with van der Waals surface area (Å²) in [7, 11) is -2.36. The zero-order chi connectivity index (χ0) is 15.6. The maximum atomic E-state index is 13.6. The van der Waals surface area contributed by atoms with Crippen LogP contribution in [0.4, 0.5) is 21.5 Å². The minimum Gasteiger partial charge on any atom is -0.399 e. The first kappa shape index (κ1) is 15.3. The maximum Gasteiger partial charge on any atom is 0.242 e. The van der Waals surface area contributed by atoms with Gasteiger partial charge in [0.05, 0.1) is 5.69 Å². The molecular formula is C14H16FN3O2S. The Morgan fingerprint density at radius 1 is 1.14 bits per heavy atom. The van der Waals surface area contributed by atoms with Crippen LogP contribution < -0.4 is 15.8 Å². The van der Waals surface area contributed by atoms with Crippen molar-refractivity contribution in [3.63, 3.8) is 0 Å². The molecule has 0 spiro atoms. The molecule has 0 saturated heterocycles. The highest BCUT2D eigenvalue weighted by Gasteiger charge is 2.17. The number of halogens is 1. The quantitative estimate of drug-likeness (QED) is 0.757. The number of hydrogen-bond acceptors (Lipinski definition) is 4. The Morgan fingerprint density at radius 3 is 2.48 bits per heavy atom. The number of sulfonamides is 1. The highest BCUT2D eigenvalue weighted by atomic mass is 32.2. The van der Waals surface area contributed by atoms with Crippen LogP contribution in [0.2, 0.25) is 0 Å². The molecule has 0 aliphatic rings. The van der Waals surface area contributed by atoms with Crippen LogP contribution in [0.5, 0.6) is 0 Å². The van der Waals surface area contributed by atoms with Gasteiger partial charge in [-0.25, -0.2) is 17.5 Å². The number of rotatable bonds is 4. The van der Waals surface area contributed by atoms with Crippen molar-refractivity contribution < 1.29 is 12.8 Å². The Labute approximate surface area is 123 Å². The molecule has 0 amide bonds. The smallest absolute Gasteiger partial charge is 0.242 e. The summed E-state index contributed by atoms with van der Waals surface area (Å²) in [6.07, 6.45) is 0. The summed E-state index contributed by atoms with van der Waals surface area (Å²) in [6.45, 7) is 1.65. The number of anilines is 3. The van der Waals surface area contributed by atoms with Crippen LogP contribution in [0.1, 0.15) is 5.56 Å². The Kier molecular flexibility index (Phi) is 4.15. The SMILES string of the molecule is CNS(=O)(=O)c1cc(N)ccc1Nc1ccc(C)c(F)c1. The molecule has 4 N–H and O–H groups in total. The molecule has 0 aliphatic heterocycles. The van der Waals surface area contributed by atoms with Crippen molar-refractivity contribution in [1.29, 1.82) is 0 Å². The Morgan fingerprint density at radius 2 is 1.86 bits per heavy atom. The third kappa shape index (κ3) is 3.32. The van der Waals surface area contributed by atoms with Gasteiger partial charge in [0.1, 0.15) is 10.7 Å². The standard InChI is InChI=1S/C14H16FN3O2S/c1-9-3-5-11(8-12(9)15)18-13-6-4-10(16)7-14(13)21(19,20)17-2/h3-8,17-18H,16H2,1-2H3. The van der Waals surface area contributed by atoms with E-state index in [1.54, 1.807) is 25.1 Å². The lowest BCUT2D eigenvalue weighted by Gasteiger charge is -2.13. The van der Waals surface area contributed by atoms with Crippen LogP contribution in [-0.4, -0.2) is 15.5 Å². The van der Waals surface area contributed by atoms with Gasteiger partial charge in [0.15, 0.2) is 0 Å². The van der Waals surface area contributed by atoms with E-state index in [-0.39, 0.29) is 10.7 Å². The molecule has 2 rings (SSSR count). The minimum absolute atomic E-state index is 0.00554. The van der Waals surface area contributed by atoms with Crippen molar-refractivity contribution in [2.45, 2.75) is 11.8 Å². The fraction of sp³-hybridized carbons (Fsp3) is 0.143. The van der Waals surface area contributed by atoms with E-state index in [4.69, 9.17) is 5.73 Å². The second-order valence-corrected chi connectivity index (χ2v) is 6.41. The first-order valence-electron chi connectivity index (χ1n) is 6.20. The normalized spacial score (nSPS) is 11.4. The summed E-state index contributed by atoms with van der Waals surface area (Å²) in [5, 5.41) is 2.89. The molecule has 0 bridgehead atoms. The Bertz CT molecular complexity index is 776. The zero-order valence-electron chi connectivity index (χ0n) is 11.6. The second-order valence-electron chi connectivity index (χ2n) is 4.55. The molecule has 0 heterocycles. The van der Waals surface area contributed by atoms with Gasteiger partial charge in [-0.15, -0.1) is 0 Å². The molecule has 0 aromatic heterocycles. The van der Waals surface area contributed by atoms with Crippen molar-refractivity contribution >= 4 is 27.1 Å². The third-order valence-electron chi connectivity index (χ3n) is 3.01. The highest BCUT2D eigenvalue weighted by Crippen LogP contribution is 2.27. The molecule has 7 heteroatoms. The van der Waals surface area contributed by atoms with Crippen LogP contribution in [0.15, 0.2) is 41.3 Å². The predicted octanol–water partition coefficient (Wildman–Crippen LogP) is 2.37. The van der Waals surface area contributed by atoms with Crippen molar-refractivity contribution in [2.75, 3.05) is 18.1 Å². The molecule has 0 radical (unpaired) electrons. The molecule has 112 valence electrons. The van der Waals surface area contributed by atoms with Crippen LogP contribution in [0.3, 0.4) is 0 Å². The summed E-state index contributed by atoms with van der Waals surface area (Å²) in [5.74, 6) is -0.367. The lowest BCUT2D eigenvalue weighted by atomic mass is 10.2. The number of benzene rings is 2. The van der Waals surface area contributed by atoms with Crippen molar-refractivity contribution in [3.8, 4) is 0 Å². The summed E-state index contributed by atoms with van der Waals surface area (Å²) in [5.41, 5.74) is 7.25. The average molecular weight is 309 g/mol. The van der Waals surface area contributed by atoms with E-state index in [1.165, 1.54) is 25.2 Å². The van der Waals surface area contributed by atoms with Crippen molar-refractivity contribution in [2.24, 2.45) is 0 Å². The lowest BCUT2D eigenvalue weighted by molar-refractivity contribution is 0.588. The molecule has 0 unspecified atom stereocenters. The molecule has 2 aromatic rings. The van der Waals surface area contributed by atoms with Gasteiger partial charge < -0.3 is 11.1 Å². The first-order chi connectivity index (χ1) is 9.83. The first-order valence-corrected chi connectivity index (χ1v) is 7.68. The number of aryl methyl sites for hydroxylation is 1. The third-order valence-corrected chi connectivity index (χ3v) is 4.47. The van der Waals surface area contributed by atoms with Gasteiger partial charge in [0.25, 0.3) is 0 Å². The zero-order valence-corrected chi connectivity index (χ0v) is 12.5. The summed E-state index contributed by atoms with van der Waals surface area (Å²) in [6, 6.07) is 9.05. The van der Waals surface area contributed by atoms with Crippen LogP contribution in [0, 0.1) is 12.7 Å². The topological polar surface area (TPSA) is 84.2 Å². The molecule has 5 nitrogen and oxygen atoms in total. The van der Waals surface area contributed by atoms with Gasteiger partial charge >= 0.3 is 0 Å². The molecule has 0 fully saturated rings. The summed E-state index contributed by atoms with van der Waals surface area (Å²) in [4.78, 5) is 0.00554. The average Bonchev–Trinajstić information content (AvgIpc) is 2.44. The minimum atomic E-state index is -3.68. The van der Waals surface area contributed by atoms with Crippen LogP contribution in [0.25, 0.3) is 0 Å². The van der Waals surface area contributed by atoms with E-state index < -0.39 is 10.0 Å². The predicted molar refractivity (Wildman–Crippen MR) is 81.5 cm³/mol. The van der Waals surface area contributed by atoms with E-state index in [2.05, 4.69) is 10.0 Å². The second kappa shape index (κ2) is 5.71. The van der Waals surface area contributed by atoms with E-state index in [1.807, 2.05) is 0 Å². The van der Waals surface area contributed by atoms with Gasteiger partial charge in [-0.05, 0) is 49.9 Å². The number of nitrogens with two attached hydrogens (primary N) is 1. The van der Waals surface area contributed by atoms with Gasteiger partial charge in [-0.2, -0.15) is 0 Å². The fourth-order valence-corrected chi connectivity index (χ4v) is 2.72. The molecule has 0 saturated carbocycles. The molecule has 0 atom stereocenters. The lowest BCUT2D eigenvalue weighted by Crippen LogP contribution is -2.20. The van der Waals surface area contributed by atoms with Gasteiger partial charge in [-0.3, -0.25) is 0 Å². The number of nitrogens with one attached hydrogen (secondary N) is 2. The molecule has 2 aromatic carbocycles. The van der Waals surface area contributed by atoms with E-state index in [0.29, 0.717) is 22.6 Å². The molecular weight excluding hydrogens is 293 g/mol. The number of nitrogen functional groups attached to an aromatic ring is 1. The molecule has 0 aliphatic carbocycles. The summed E-state index contributed by atoms with van der Waals surface area (Å²) < 4.78 is 39.8. The van der Waals surface area contributed by atoms with Gasteiger partial charge in [-0.1, -0.05) is 6.07 Å². The monoisotopic (exact) mass is 309 g/mol.